The van der Waals surface area contributed by atoms with Gasteiger partial charge >= 0.3 is 0 Å². The Bertz CT molecular complexity index is 674. The van der Waals surface area contributed by atoms with Gasteiger partial charge in [-0.1, -0.05) is 0 Å². The lowest BCUT2D eigenvalue weighted by molar-refractivity contribution is 0.276. The van der Waals surface area contributed by atoms with Gasteiger partial charge in [-0.15, -0.1) is 0 Å². The van der Waals surface area contributed by atoms with Gasteiger partial charge in [0.1, 0.15) is 4.91 Å². The second kappa shape index (κ2) is 4.01. The third-order valence-corrected chi connectivity index (χ3v) is 3.55. The van der Waals surface area contributed by atoms with Gasteiger partial charge in [0.25, 0.3) is 10.1 Å². The summed E-state index contributed by atoms with van der Waals surface area (Å²) in [5.41, 5.74) is 1.39. The quantitative estimate of drug-likeness (QED) is 0.698. The van der Waals surface area contributed by atoms with Crippen LogP contribution in [0.1, 0.15) is 13.3 Å². The van der Waals surface area contributed by atoms with Crippen molar-refractivity contribution in [3.63, 3.8) is 0 Å². The lowest BCUT2D eigenvalue weighted by Gasteiger charge is -2.30. The molecule has 0 saturated heterocycles. The van der Waals surface area contributed by atoms with Crippen LogP contribution in [0.5, 0.6) is 0 Å². The Hall–Kier alpha value is -2.04. The van der Waals surface area contributed by atoms with Crippen molar-refractivity contribution in [1.29, 1.82) is 5.26 Å². The van der Waals surface area contributed by atoms with Crippen molar-refractivity contribution in [3.05, 3.63) is 46.0 Å². The molecule has 18 heavy (non-hydrogen) atoms. The molecule has 0 saturated carbocycles. The molecule has 0 aromatic rings. The molecule has 0 atom stereocenters. The molecule has 0 bridgehead atoms. The molecule has 0 spiro atoms. The molecule has 0 amide bonds. The number of rotatable bonds is 1. The van der Waals surface area contributed by atoms with Gasteiger partial charge in [0, 0.05) is 12.6 Å². The number of nitrogens with zero attached hydrogens (tertiary/aromatic N) is 2. The first-order chi connectivity index (χ1) is 8.34. The molecule has 2 aliphatic rings. The molecule has 0 fully saturated rings. The molecule has 0 aliphatic carbocycles. The highest BCUT2D eigenvalue weighted by Gasteiger charge is 2.27. The molecule has 0 aromatic carbocycles. The van der Waals surface area contributed by atoms with Gasteiger partial charge in [-0.3, -0.25) is 9.45 Å². The summed E-state index contributed by atoms with van der Waals surface area (Å²) in [4.78, 5) is 0.838. The van der Waals surface area contributed by atoms with Crippen LogP contribution in [0.3, 0.4) is 0 Å². The third kappa shape index (κ3) is 1.92. The maximum absolute atomic E-state index is 11.0. The number of allylic oxidation sites excluding steroid dienone is 4. The number of fused-ring (bicyclic) bond motifs is 1. The first-order valence-electron chi connectivity index (χ1n) is 5.03. The molecular weight excluding hydrogens is 256 g/mol. The summed E-state index contributed by atoms with van der Waals surface area (Å²) in [7, 11) is -4.35. The zero-order valence-electron chi connectivity index (χ0n) is 9.45. The van der Waals surface area contributed by atoms with Crippen LogP contribution in [-0.2, 0) is 10.1 Å². The SMILES string of the molecule is CC1=C(O)N2C=C(S(=O)(=O)O)C=CC2=C(C#N)C1. The van der Waals surface area contributed by atoms with E-state index < -0.39 is 10.1 Å². The van der Waals surface area contributed by atoms with Crippen LogP contribution in [0.15, 0.2) is 46.0 Å². The second-order valence-electron chi connectivity index (χ2n) is 3.97. The minimum Gasteiger partial charge on any atom is -0.494 e. The highest BCUT2D eigenvalue weighted by Crippen LogP contribution is 2.33. The fraction of sp³-hybridized carbons (Fsp3) is 0.182. The molecule has 2 N–H and O–H groups in total. The zero-order valence-corrected chi connectivity index (χ0v) is 10.3. The molecule has 0 radical (unpaired) electrons. The summed E-state index contributed by atoms with van der Waals surface area (Å²) >= 11 is 0. The van der Waals surface area contributed by atoms with E-state index in [1.54, 1.807) is 6.92 Å². The van der Waals surface area contributed by atoms with E-state index in [2.05, 4.69) is 0 Å². The molecule has 2 rings (SSSR count). The molecular formula is C11H10N2O4S. The van der Waals surface area contributed by atoms with Gasteiger partial charge < -0.3 is 5.11 Å². The Morgan fingerprint density at radius 1 is 1.44 bits per heavy atom. The molecule has 0 aromatic heterocycles. The van der Waals surface area contributed by atoms with Gasteiger partial charge in [0.15, 0.2) is 5.88 Å². The summed E-state index contributed by atoms with van der Waals surface area (Å²) in [5.74, 6) is -0.130. The molecule has 7 heteroatoms. The van der Waals surface area contributed by atoms with E-state index in [9.17, 15) is 13.5 Å². The fourth-order valence-electron chi connectivity index (χ4n) is 1.79. The predicted molar refractivity (Wildman–Crippen MR) is 63.2 cm³/mol. The molecule has 94 valence electrons. The maximum atomic E-state index is 11.0. The topological polar surface area (TPSA) is 102 Å². The normalized spacial score (nSPS) is 19.6. The van der Waals surface area contributed by atoms with Gasteiger partial charge in [0.05, 0.1) is 17.3 Å². The van der Waals surface area contributed by atoms with E-state index in [0.29, 0.717) is 23.3 Å². The van der Waals surface area contributed by atoms with Crippen molar-refractivity contribution in [2.45, 2.75) is 13.3 Å². The van der Waals surface area contributed by atoms with Crippen LogP contribution in [-0.4, -0.2) is 23.0 Å². The number of hydrogen-bond acceptors (Lipinski definition) is 5. The molecule has 2 heterocycles. The van der Waals surface area contributed by atoms with Gasteiger partial charge in [-0.25, -0.2) is 0 Å². The van der Waals surface area contributed by atoms with Crippen molar-refractivity contribution in [2.24, 2.45) is 0 Å². The number of aliphatic hydroxyl groups excluding tert-OH is 1. The van der Waals surface area contributed by atoms with Crippen LogP contribution < -0.4 is 0 Å². The van der Waals surface area contributed by atoms with Crippen molar-refractivity contribution in [1.82, 2.24) is 4.90 Å². The first kappa shape index (κ1) is 12.4. The van der Waals surface area contributed by atoms with Crippen LogP contribution >= 0.6 is 0 Å². The van der Waals surface area contributed by atoms with Crippen molar-refractivity contribution < 1.29 is 18.1 Å². The van der Waals surface area contributed by atoms with E-state index in [1.165, 1.54) is 17.1 Å². The average Bonchev–Trinajstić information content (AvgIpc) is 2.32. The van der Waals surface area contributed by atoms with Crippen LogP contribution in [0.4, 0.5) is 0 Å². The molecule has 2 aliphatic heterocycles. The highest BCUT2D eigenvalue weighted by molar-refractivity contribution is 7.90. The van der Waals surface area contributed by atoms with E-state index in [-0.39, 0.29) is 10.8 Å². The summed E-state index contributed by atoms with van der Waals surface area (Å²) in [5, 5.41) is 18.9. The minimum atomic E-state index is -4.35. The summed E-state index contributed by atoms with van der Waals surface area (Å²) in [6.45, 7) is 1.64. The van der Waals surface area contributed by atoms with E-state index in [1.807, 2.05) is 6.07 Å². The van der Waals surface area contributed by atoms with E-state index >= 15 is 0 Å². The fourth-order valence-corrected chi connectivity index (χ4v) is 2.27. The van der Waals surface area contributed by atoms with Crippen molar-refractivity contribution >= 4 is 10.1 Å². The van der Waals surface area contributed by atoms with Crippen LogP contribution in [0.2, 0.25) is 0 Å². The van der Waals surface area contributed by atoms with Crippen LogP contribution in [0, 0.1) is 11.3 Å². The summed E-state index contributed by atoms with van der Waals surface area (Å²) in [6, 6.07) is 2.01. The Balaban J connectivity index is 2.59. The maximum Gasteiger partial charge on any atom is 0.295 e. The third-order valence-electron chi connectivity index (χ3n) is 2.72. The second-order valence-corrected chi connectivity index (χ2v) is 5.39. The number of nitriles is 1. The van der Waals surface area contributed by atoms with Crippen molar-refractivity contribution in [2.75, 3.05) is 0 Å². The summed E-state index contributed by atoms with van der Waals surface area (Å²) < 4.78 is 31.0. The lowest BCUT2D eigenvalue weighted by Crippen LogP contribution is -2.25. The van der Waals surface area contributed by atoms with Crippen molar-refractivity contribution in [3.8, 4) is 6.07 Å². The Morgan fingerprint density at radius 2 is 2.11 bits per heavy atom. The standard InChI is InChI=1S/C11H10N2O4S/c1-7-4-8(5-12)10-3-2-9(18(15,16)17)6-13(10)11(7)14/h2-3,6,14H,4H2,1H3,(H,15,16,17). The molecule has 6 nitrogen and oxygen atoms in total. The number of aliphatic hydroxyl groups is 1. The minimum absolute atomic E-state index is 0.130. The molecule has 0 unspecified atom stereocenters. The highest BCUT2D eigenvalue weighted by atomic mass is 32.2. The Kier molecular flexibility index (Phi) is 2.77. The number of hydrogen-bond donors (Lipinski definition) is 2. The monoisotopic (exact) mass is 266 g/mol. The largest absolute Gasteiger partial charge is 0.494 e. The van der Waals surface area contributed by atoms with E-state index in [0.717, 1.165) is 6.20 Å². The Labute approximate surface area is 104 Å². The zero-order chi connectivity index (χ0) is 13.5. The van der Waals surface area contributed by atoms with Crippen LogP contribution in [0.25, 0.3) is 0 Å². The predicted octanol–water partition coefficient (Wildman–Crippen LogP) is 1.56. The first-order valence-corrected chi connectivity index (χ1v) is 6.47. The Morgan fingerprint density at radius 3 is 2.67 bits per heavy atom. The summed E-state index contributed by atoms with van der Waals surface area (Å²) in [6.07, 6.45) is 3.96. The van der Waals surface area contributed by atoms with Gasteiger partial charge in [-0.05, 0) is 24.6 Å². The lowest BCUT2D eigenvalue weighted by atomic mass is 10.00. The van der Waals surface area contributed by atoms with Gasteiger partial charge in [-0.2, -0.15) is 13.7 Å². The van der Waals surface area contributed by atoms with E-state index in [4.69, 9.17) is 9.81 Å². The van der Waals surface area contributed by atoms with Gasteiger partial charge in [0.2, 0.25) is 0 Å². The average molecular weight is 266 g/mol. The smallest absolute Gasteiger partial charge is 0.295 e.